The molecule has 1 amide bonds. The zero-order valence-electron chi connectivity index (χ0n) is 11.1. The Morgan fingerprint density at radius 1 is 1.37 bits per heavy atom. The van der Waals surface area contributed by atoms with Crippen molar-refractivity contribution in [1.82, 2.24) is 5.32 Å². The van der Waals surface area contributed by atoms with Crippen LogP contribution < -0.4 is 10.1 Å². The van der Waals surface area contributed by atoms with Crippen molar-refractivity contribution in [3.05, 3.63) is 28.2 Å². The maximum absolute atomic E-state index is 12.3. The van der Waals surface area contributed by atoms with Crippen LogP contribution in [0.3, 0.4) is 0 Å². The highest BCUT2D eigenvalue weighted by atomic mass is 79.9. The summed E-state index contributed by atoms with van der Waals surface area (Å²) in [6.07, 6.45) is 3.09. The van der Waals surface area contributed by atoms with Crippen molar-refractivity contribution in [1.29, 1.82) is 0 Å². The van der Waals surface area contributed by atoms with Crippen LogP contribution in [0.5, 0.6) is 5.75 Å². The molecule has 5 heteroatoms. The lowest BCUT2D eigenvalue weighted by Crippen LogP contribution is -2.33. The van der Waals surface area contributed by atoms with Crippen molar-refractivity contribution in [2.75, 3.05) is 14.2 Å². The Balaban J connectivity index is 2.06. The predicted octanol–water partition coefficient (Wildman–Crippen LogP) is 2.76. The fourth-order valence-electron chi connectivity index (χ4n) is 2.41. The van der Waals surface area contributed by atoms with E-state index in [-0.39, 0.29) is 18.1 Å². The topological polar surface area (TPSA) is 47.6 Å². The lowest BCUT2D eigenvalue weighted by atomic mass is 10.1. The molecule has 1 saturated carbocycles. The van der Waals surface area contributed by atoms with E-state index in [0.29, 0.717) is 11.3 Å². The molecule has 1 N–H and O–H groups in total. The summed E-state index contributed by atoms with van der Waals surface area (Å²) in [6, 6.07) is 5.59. The maximum Gasteiger partial charge on any atom is 0.255 e. The number of benzene rings is 1. The third kappa shape index (κ3) is 3.48. The Kier molecular flexibility index (Phi) is 4.82. The van der Waals surface area contributed by atoms with Crippen molar-refractivity contribution in [2.45, 2.75) is 31.4 Å². The summed E-state index contributed by atoms with van der Waals surface area (Å²) in [4.78, 5) is 12.3. The second kappa shape index (κ2) is 6.39. The molecule has 0 heterocycles. The molecular formula is C14H18BrNO3. The van der Waals surface area contributed by atoms with Crippen molar-refractivity contribution >= 4 is 21.8 Å². The van der Waals surface area contributed by atoms with Crippen molar-refractivity contribution in [3.8, 4) is 5.75 Å². The Morgan fingerprint density at radius 2 is 2.16 bits per heavy atom. The SMILES string of the molecule is COc1ccc(Br)cc1C(=O)NC1CCC(OC)C1. The standard InChI is InChI=1S/C14H18BrNO3/c1-18-11-5-4-10(8-11)16-14(17)12-7-9(15)3-6-13(12)19-2/h3,6-7,10-11H,4-5,8H2,1-2H3,(H,16,17). The summed E-state index contributed by atoms with van der Waals surface area (Å²) in [5, 5.41) is 3.04. The molecule has 2 unspecified atom stereocenters. The fourth-order valence-corrected chi connectivity index (χ4v) is 2.77. The number of carbonyl (C=O) groups is 1. The summed E-state index contributed by atoms with van der Waals surface area (Å²) in [5.41, 5.74) is 0.553. The molecule has 1 fully saturated rings. The third-order valence-electron chi connectivity index (χ3n) is 3.46. The van der Waals surface area contributed by atoms with E-state index >= 15 is 0 Å². The van der Waals surface area contributed by atoms with Gasteiger partial charge in [0, 0.05) is 17.6 Å². The summed E-state index contributed by atoms with van der Waals surface area (Å²) >= 11 is 3.37. The summed E-state index contributed by atoms with van der Waals surface area (Å²) in [7, 11) is 3.28. The number of rotatable bonds is 4. The number of carbonyl (C=O) groups excluding carboxylic acids is 1. The number of halogens is 1. The highest BCUT2D eigenvalue weighted by Crippen LogP contribution is 2.25. The second-order valence-electron chi connectivity index (χ2n) is 4.69. The molecule has 2 atom stereocenters. The van der Waals surface area contributed by atoms with Gasteiger partial charge in [0.05, 0.1) is 18.8 Å². The number of methoxy groups -OCH3 is 2. The van der Waals surface area contributed by atoms with E-state index in [0.717, 1.165) is 23.7 Å². The van der Waals surface area contributed by atoms with Gasteiger partial charge in [-0.25, -0.2) is 0 Å². The molecule has 19 heavy (non-hydrogen) atoms. The molecule has 2 rings (SSSR count). The molecule has 0 aliphatic heterocycles. The van der Waals surface area contributed by atoms with E-state index in [2.05, 4.69) is 21.2 Å². The molecule has 104 valence electrons. The molecular weight excluding hydrogens is 310 g/mol. The number of amides is 1. The van der Waals surface area contributed by atoms with Crippen LogP contribution >= 0.6 is 15.9 Å². The third-order valence-corrected chi connectivity index (χ3v) is 3.95. The first kappa shape index (κ1) is 14.3. The number of nitrogens with one attached hydrogen (secondary N) is 1. The van der Waals surface area contributed by atoms with Crippen LogP contribution in [-0.4, -0.2) is 32.3 Å². The van der Waals surface area contributed by atoms with Gasteiger partial charge in [-0.2, -0.15) is 0 Å². The van der Waals surface area contributed by atoms with Crippen LogP contribution in [0, 0.1) is 0 Å². The van der Waals surface area contributed by atoms with Gasteiger partial charge in [0.25, 0.3) is 5.91 Å². The molecule has 1 aliphatic carbocycles. The molecule has 1 aliphatic rings. The lowest BCUT2D eigenvalue weighted by Gasteiger charge is -2.14. The van der Waals surface area contributed by atoms with Crippen LogP contribution in [0.2, 0.25) is 0 Å². The Hall–Kier alpha value is -1.07. The van der Waals surface area contributed by atoms with E-state index in [1.807, 2.05) is 6.07 Å². The maximum atomic E-state index is 12.3. The number of hydrogen-bond acceptors (Lipinski definition) is 3. The van der Waals surface area contributed by atoms with Gasteiger partial charge in [-0.15, -0.1) is 0 Å². The van der Waals surface area contributed by atoms with Crippen molar-refractivity contribution < 1.29 is 14.3 Å². The van der Waals surface area contributed by atoms with Gasteiger partial charge in [-0.05, 0) is 37.5 Å². The fraction of sp³-hybridized carbons (Fsp3) is 0.500. The predicted molar refractivity (Wildman–Crippen MR) is 76.6 cm³/mol. The van der Waals surface area contributed by atoms with Crippen molar-refractivity contribution in [2.24, 2.45) is 0 Å². The van der Waals surface area contributed by atoms with Crippen LogP contribution in [0.15, 0.2) is 22.7 Å². The molecule has 0 radical (unpaired) electrons. The zero-order chi connectivity index (χ0) is 13.8. The molecule has 0 spiro atoms. The van der Waals surface area contributed by atoms with E-state index in [1.54, 1.807) is 26.4 Å². The van der Waals surface area contributed by atoms with Crippen LogP contribution in [0.4, 0.5) is 0 Å². The van der Waals surface area contributed by atoms with E-state index < -0.39 is 0 Å². The highest BCUT2D eigenvalue weighted by molar-refractivity contribution is 9.10. The molecule has 1 aromatic rings. The van der Waals surface area contributed by atoms with Gasteiger partial charge in [0.1, 0.15) is 5.75 Å². The summed E-state index contributed by atoms with van der Waals surface area (Å²) in [5.74, 6) is 0.488. The largest absolute Gasteiger partial charge is 0.496 e. The highest BCUT2D eigenvalue weighted by Gasteiger charge is 2.26. The summed E-state index contributed by atoms with van der Waals surface area (Å²) in [6.45, 7) is 0. The Morgan fingerprint density at radius 3 is 2.79 bits per heavy atom. The smallest absolute Gasteiger partial charge is 0.255 e. The minimum absolute atomic E-state index is 0.0973. The van der Waals surface area contributed by atoms with Gasteiger partial charge >= 0.3 is 0 Å². The second-order valence-corrected chi connectivity index (χ2v) is 5.60. The minimum Gasteiger partial charge on any atom is -0.496 e. The molecule has 0 saturated heterocycles. The normalized spacial score (nSPS) is 22.3. The molecule has 0 bridgehead atoms. The van der Waals surface area contributed by atoms with Gasteiger partial charge in [0.2, 0.25) is 0 Å². The van der Waals surface area contributed by atoms with Gasteiger partial charge < -0.3 is 14.8 Å². The number of hydrogen-bond donors (Lipinski definition) is 1. The van der Waals surface area contributed by atoms with Crippen molar-refractivity contribution in [3.63, 3.8) is 0 Å². The zero-order valence-corrected chi connectivity index (χ0v) is 12.7. The first-order valence-corrected chi connectivity index (χ1v) is 7.10. The average Bonchev–Trinajstić information content (AvgIpc) is 2.86. The van der Waals surface area contributed by atoms with E-state index in [9.17, 15) is 4.79 Å². The number of ether oxygens (including phenoxy) is 2. The molecule has 4 nitrogen and oxygen atoms in total. The van der Waals surface area contributed by atoms with Gasteiger partial charge in [0.15, 0.2) is 0 Å². The van der Waals surface area contributed by atoms with Crippen LogP contribution in [0.25, 0.3) is 0 Å². The van der Waals surface area contributed by atoms with Crippen LogP contribution in [0.1, 0.15) is 29.6 Å². The lowest BCUT2D eigenvalue weighted by molar-refractivity contribution is 0.0912. The van der Waals surface area contributed by atoms with E-state index in [4.69, 9.17) is 9.47 Å². The Labute approximate surface area is 121 Å². The molecule has 1 aromatic carbocycles. The monoisotopic (exact) mass is 327 g/mol. The first-order valence-electron chi connectivity index (χ1n) is 6.31. The quantitative estimate of drug-likeness (QED) is 0.925. The van der Waals surface area contributed by atoms with Gasteiger partial charge in [-0.3, -0.25) is 4.79 Å². The van der Waals surface area contributed by atoms with E-state index in [1.165, 1.54) is 0 Å². The summed E-state index contributed by atoms with van der Waals surface area (Å²) < 4.78 is 11.4. The molecule has 0 aromatic heterocycles. The Bertz CT molecular complexity index is 464. The first-order chi connectivity index (χ1) is 9.13. The van der Waals surface area contributed by atoms with Crippen LogP contribution in [-0.2, 0) is 4.74 Å². The average molecular weight is 328 g/mol. The minimum atomic E-state index is -0.0973. The van der Waals surface area contributed by atoms with Gasteiger partial charge in [-0.1, -0.05) is 15.9 Å².